The van der Waals surface area contributed by atoms with Crippen molar-refractivity contribution in [2.75, 3.05) is 0 Å². The molecule has 0 aromatic carbocycles. The average Bonchev–Trinajstić information content (AvgIpc) is 2.71. The number of hydrogen-bond acceptors (Lipinski definition) is 0. The Bertz CT molecular complexity index is 155. The minimum Gasteiger partial charge on any atom is -0.0651 e. The summed E-state index contributed by atoms with van der Waals surface area (Å²) in [5.74, 6) is 3.62. The molecule has 3 rings (SSSR count). The van der Waals surface area contributed by atoms with Crippen LogP contribution in [0.3, 0.4) is 0 Å². The summed E-state index contributed by atoms with van der Waals surface area (Å²) < 4.78 is 0. The van der Waals surface area contributed by atoms with Crippen LogP contribution in [0.15, 0.2) is 0 Å². The van der Waals surface area contributed by atoms with Crippen molar-refractivity contribution in [2.24, 2.45) is 23.2 Å². The molecule has 1 spiro atoms. The van der Waals surface area contributed by atoms with Gasteiger partial charge in [-0.1, -0.05) is 13.3 Å². The van der Waals surface area contributed by atoms with Gasteiger partial charge in [0.05, 0.1) is 0 Å². The predicted octanol–water partition coefficient (Wildman–Crippen LogP) is 2.44. The van der Waals surface area contributed by atoms with Crippen LogP contribution in [0.25, 0.3) is 0 Å². The molecular formula is C9H14. The van der Waals surface area contributed by atoms with Crippen molar-refractivity contribution in [3.05, 3.63) is 0 Å². The van der Waals surface area contributed by atoms with Crippen LogP contribution in [-0.4, -0.2) is 0 Å². The second-order valence-electron chi connectivity index (χ2n) is 4.21. The minimum absolute atomic E-state index is 0.995. The van der Waals surface area contributed by atoms with Gasteiger partial charge in [-0.2, -0.15) is 0 Å². The fraction of sp³-hybridized carbons (Fsp3) is 1.00. The highest BCUT2D eigenvalue weighted by Gasteiger charge is 2.79. The summed E-state index contributed by atoms with van der Waals surface area (Å²) in [4.78, 5) is 0. The summed E-state index contributed by atoms with van der Waals surface area (Å²) in [6, 6.07) is 0. The Labute approximate surface area is 56.6 Å². The lowest BCUT2D eigenvalue weighted by atomic mass is 10.1. The lowest BCUT2D eigenvalue weighted by Gasteiger charge is -1.94. The highest BCUT2D eigenvalue weighted by molar-refractivity contribution is 5.27. The Balaban J connectivity index is 1.90. The molecule has 0 aromatic rings. The van der Waals surface area contributed by atoms with Crippen LogP contribution in [0, 0.1) is 23.2 Å². The van der Waals surface area contributed by atoms with Gasteiger partial charge in [0, 0.05) is 0 Å². The molecule has 0 N–H and O–H groups in total. The second kappa shape index (κ2) is 1.09. The topological polar surface area (TPSA) is 0 Å². The first-order valence-electron chi connectivity index (χ1n) is 4.39. The smallest absolute Gasteiger partial charge is 0.0204 e. The molecule has 0 aliphatic heterocycles. The number of hydrogen-bond donors (Lipinski definition) is 0. The third-order valence-electron chi connectivity index (χ3n) is 4.22. The van der Waals surface area contributed by atoms with Gasteiger partial charge in [0.15, 0.2) is 0 Å². The summed E-state index contributed by atoms with van der Waals surface area (Å²) in [6.45, 7) is 2.37. The maximum Gasteiger partial charge on any atom is -0.0204 e. The lowest BCUT2D eigenvalue weighted by molar-refractivity contribution is 0.564. The van der Waals surface area contributed by atoms with Gasteiger partial charge in [-0.05, 0) is 42.4 Å². The van der Waals surface area contributed by atoms with Crippen LogP contribution in [0.4, 0.5) is 0 Å². The molecule has 4 atom stereocenters. The first-order valence-corrected chi connectivity index (χ1v) is 4.39. The molecule has 3 aliphatic rings. The Morgan fingerprint density at radius 1 is 1.44 bits per heavy atom. The van der Waals surface area contributed by atoms with E-state index in [1.165, 1.54) is 24.2 Å². The van der Waals surface area contributed by atoms with Gasteiger partial charge in [0.1, 0.15) is 0 Å². The standard InChI is InChI=1S/C9H14/c1-2-7-8-4-3-6-5-9(6,7)8/h6-8H,2-5H2,1H3. The molecule has 0 heterocycles. The van der Waals surface area contributed by atoms with Crippen molar-refractivity contribution in [3.8, 4) is 0 Å². The molecule has 9 heavy (non-hydrogen) atoms. The van der Waals surface area contributed by atoms with Crippen molar-refractivity contribution in [1.29, 1.82) is 0 Å². The van der Waals surface area contributed by atoms with Crippen molar-refractivity contribution >= 4 is 0 Å². The molecule has 4 unspecified atom stereocenters. The van der Waals surface area contributed by atoms with Crippen molar-refractivity contribution in [3.63, 3.8) is 0 Å². The molecule has 3 aliphatic carbocycles. The van der Waals surface area contributed by atoms with Crippen LogP contribution in [-0.2, 0) is 0 Å². The zero-order valence-corrected chi connectivity index (χ0v) is 6.06. The van der Waals surface area contributed by atoms with E-state index in [1.54, 1.807) is 19.3 Å². The fourth-order valence-corrected chi connectivity index (χ4v) is 3.79. The largest absolute Gasteiger partial charge is 0.0651 e. The molecule has 3 fully saturated rings. The third kappa shape index (κ3) is 0.320. The molecule has 0 heteroatoms. The van der Waals surface area contributed by atoms with E-state index in [0.717, 1.165) is 5.41 Å². The van der Waals surface area contributed by atoms with Gasteiger partial charge in [0.2, 0.25) is 0 Å². The molecule has 0 nitrogen and oxygen atoms in total. The van der Waals surface area contributed by atoms with Crippen LogP contribution in [0.1, 0.15) is 32.6 Å². The van der Waals surface area contributed by atoms with Crippen LogP contribution >= 0.6 is 0 Å². The second-order valence-corrected chi connectivity index (χ2v) is 4.21. The molecule has 0 saturated heterocycles. The average molecular weight is 122 g/mol. The lowest BCUT2D eigenvalue weighted by Crippen LogP contribution is -1.84. The quantitative estimate of drug-likeness (QED) is 0.501. The molecular weight excluding hydrogens is 108 g/mol. The van der Waals surface area contributed by atoms with Crippen LogP contribution in [0.2, 0.25) is 0 Å². The normalized spacial score (nSPS) is 67.0. The van der Waals surface area contributed by atoms with E-state index in [0.29, 0.717) is 0 Å². The zero-order valence-electron chi connectivity index (χ0n) is 6.06. The SMILES string of the molecule is CCC1C2CCC3CC312. The predicted molar refractivity (Wildman–Crippen MR) is 37.0 cm³/mol. The van der Waals surface area contributed by atoms with Crippen molar-refractivity contribution in [2.45, 2.75) is 32.6 Å². The van der Waals surface area contributed by atoms with E-state index in [4.69, 9.17) is 0 Å². The van der Waals surface area contributed by atoms with Crippen LogP contribution < -0.4 is 0 Å². The van der Waals surface area contributed by atoms with Gasteiger partial charge in [0.25, 0.3) is 0 Å². The van der Waals surface area contributed by atoms with E-state index in [9.17, 15) is 0 Å². The van der Waals surface area contributed by atoms with Gasteiger partial charge < -0.3 is 0 Å². The first-order chi connectivity index (χ1) is 4.39. The van der Waals surface area contributed by atoms with E-state index in [-0.39, 0.29) is 0 Å². The van der Waals surface area contributed by atoms with Gasteiger partial charge >= 0.3 is 0 Å². The summed E-state index contributed by atoms with van der Waals surface area (Å²) in [5, 5.41) is 0. The van der Waals surface area contributed by atoms with Gasteiger partial charge in [-0.15, -0.1) is 0 Å². The summed E-state index contributed by atoms with van der Waals surface area (Å²) >= 11 is 0. The Hall–Kier alpha value is 0. The summed E-state index contributed by atoms with van der Waals surface area (Å²) in [7, 11) is 0. The zero-order chi connectivity index (χ0) is 6.06. The number of rotatable bonds is 1. The first kappa shape index (κ1) is 4.76. The van der Waals surface area contributed by atoms with Crippen molar-refractivity contribution in [1.82, 2.24) is 0 Å². The van der Waals surface area contributed by atoms with E-state index in [1.807, 2.05) is 0 Å². The van der Waals surface area contributed by atoms with E-state index < -0.39 is 0 Å². The molecule has 50 valence electrons. The summed E-state index contributed by atoms with van der Waals surface area (Å²) in [6.07, 6.45) is 6.27. The molecule has 0 bridgehead atoms. The van der Waals surface area contributed by atoms with E-state index in [2.05, 4.69) is 6.92 Å². The third-order valence-corrected chi connectivity index (χ3v) is 4.22. The van der Waals surface area contributed by atoms with Crippen molar-refractivity contribution < 1.29 is 0 Å². The van der Waals surface area contributed by atoms with Crippen LogP contribution in [0.5, 0.6) is 0 Å². The van der Waals surface area contributed by atoms with Gasteiger partial charge in [-0.25, -0.2) is 0 Å². The Morgan fingerprint density at radius 2 is 2.33 bits per heavy atom. The monoisotopic (exact) mass is 122 g/mol. The fourth-order valence-electron chi connectivity index (χ4n) is 3.79. The highest BCUT2D eigenvalue weighted by atomic mass is 14.8. The van der Waals surface area contributed by atoms with E-state index >= 15 is 0 Å². The maximum absolute atomic E-state index is 2.37. The molecule has 3 saturated carbocycles. The highest BCUT2D eigenvalue weighted by Crippen LogP contribution is 2.85. The molecule has 0 amide bonds. The Morgan fingerprint density at radius 3 is 2.67 bits per heavy atom. The maximum atomic E-state index is 2.37. The van der Waals surface area contributed by atoms with Gasteiger partial charge in [-0.3, -0.25) is 0 Å². The molecule has 0 aromatic heterocycles. The minimum atomic E-state index is 0.995. The Kier molecular flexibility index (Phi) is 0.574. The summed E-state index contributed by atoms with van der Waals surface area (Å²) in [5.41, 5.74) is 0.995. The molecule has 0 radical (unpaired) electrons.